The van der Waals surface area contributed by atoms with E-state index in [1.165, 1.54) is 0 Å². The second-order valence-corrected chi connectivity index (χ2v) is 3.56. The minimum absolute atomic E-state index is 0.177. The summed E-state index contributed by atoms with van der Waals surface area (Å²) in [6.45, 7) is 1.97. The van der Waals surface area contributed by atoms with E-state index in [-0.39, 0.29) is 5.82 Å². The molecule has 0 atom stereocenters. The summed E-state index contributed by atoms with van der Waals surface area (Å²) in [6, 6.07) is 9.48. The molecule has 1 aromatic heterocycles. The van der Waals surface area contributed by atoms with Gasteiger partial charge in [-0.2, -0.15) is 5.26 Å². The van der Waals surface area contributed by atoms with Crippen molar-refractivity contribution in [3.8, 4) is 23.1 Å². The first kappa shape index (κ1) is 11.1. The molecule has 0 saturated carbocycles. The van der Waals surface area contributed by atoms with Crippen LogP contribution < -0.4 is 4.74 Å². The summed E-state index contributed by atoms with van der Waals surface area (Å²) in [6.07, 6.45) is 1.58. The van der Waals surface area contributed by atoms with Crippen LogP contribution in [0.4, 0.5) is 0 Å². The Labute approximate surface area is 99.5 Å². The molecule has 0 N–H and O–H groups in total. The maximum Gasteiger partial charge on any atom is 0.232 e. The van der Waals surface area contributed by atoms with E-state index in [0.717, 1.165) is 22.6 Å². The minimum Gasteiger partial charge on any atom is -0.496 e. The molecule has 0 radical (unpaired) electrons. The second kappa shape index (κ2) is 4.62. The van der Waals surface area contributed by atoms with Crippen LogP contribution >= 0.6 is 0 Å². The highest BCUT2D eigenvalue weighted by atomic mass is 16.5. The normalized spacial score (nSPS) is 9.71. The fraction of sp³-hybridized carbons (Fsp3) is 0.154. The van der Waals surface area contributed by atoms with Crippen LogP contribution in [0.1, 0.15) is 11.4 Å². The number of methoxy groups -OCH3 is 1. The van der Waals surface area contributed by atoms with E-state index < -0.39 is 0 Å². The van der Waals surface area contributed by atoms with E-state index in [0.29, 0.717) is 0 Å². The Morgan fingerprint density at radius 1 is 1.29 bits per heavy atom. The van der Waals surface area contributed by atoms with E-state index in [2.05, 4.69) is 9.97 Å². The van der Waals surface area contributed by atoms with E-state index in [1.54, 1.807) is 19.4 Å². The molecule has 0 aliphatic rings. The van der Waals surface area contributed by atoms with Crippen LogP contribution in [0.3, 0.4) is 0 Å². The third-order valence-corrected chi connectivity index (χ3v) is 2.45. The highest BCUT2D eigenvalue weighted by Crippen LogP contribution is 2.24. The van der Waals surface area contributed by atoms with Crippen molar-refractivity contribution in [1.29, 1.82) is 5.26 Å². The fourth-order valence-electron chi connectivity index (χ4n) is 1.61. The van der Waals surface area contributed by atoms with Crippen molar-refractivity contribution in [3.63, 3.8) is 0 Å². The minimum atomic E-state index is 0.177. The highest BCUT2D eigenvalue weighted by Gasteiger charge is 2.04. The van der Waals surface area contributed by atoms with Gasteiger partial charge in [0.1, 0.15) is 11.8 Å². The van der Waals surface area contributed by atoms with Gasteiger partial charge in [0.05, 0.1) is 12.8 Å². The number of hydrogen-bond donors (Lipinski definition) is 0. The Kier molecular flexibility index (Phi) is 3.01. The number of ether oxygens (including phenoxy) is 1. The summed E-state index contributed by atoms with van der Waals surface area (Å²) < 4.78 is 5.20. The van der Waals surface area contributed by atoms with E-state index in [9.17, 15) is 0 Å². The van der Waals surface area contributed by atoms with Crippen LogP contribution in [-0.2, 0) is 0 Å². The number of hydrogen-bond acceptors (Lipinski definition) is 4. The largest absolute Gasteiger partial charge is 0.496 e. The first-order chi connectivity index (χ1) is 8.24. The van der Waals surface area contributed by atoms with Crippen molar-refractivity contribution in [3.05, 3.63) is 41.9 Å². The van der Waals surface area contributed by atoms with Gasteiger partial charge in [0.2, 0.25) is 5.82 Å². The standard InChI is InChI=1S/C13H11N3O/c1-9-7-10(3-4-12(9)17-2)11-5-6-15-13(8-14)16-11/h3-7H,1-2H3. The Morgan fingerprint density at radius 2 is 2.12 bits per heavy atom. The number of benzene rings is 1. The molecule has 0 spiro atoms. The second-order valence-electron chi connectivity index (χ2n) is 3.56. The number of aryl methyl sites for hydroxylation is 1. The Bertz CT molecular complexity index is 587. The van der Waals surface area contributed by atoms with Gasteiger partial charge in [-0.05, 0) is 36.8 Å². The fourth-order valence-corrected chi connectivity index (χ4v) is 1.61. The van der Waals surface area contributed by atoms with Crippen molar-refractivity contribution >= 4 is 0 Å². The predicted molar refractivity (Wildman–Crippen MR) is 63.5 cm³/mol. The first-order valence-corrected chi connectivity index (χ1v) is 5.13. The summed E-state index contributed by atoms with van der Waals surface area (Å²) in [5.41, 5.74) is 2.71. The third-order valence-electron chi connectivity index (χ3n) is 2.45. The summed E-state index contributed by atoms with van der Waals surface area (Å²) in [5, 5.41) is 8.75. The van der Waals surface area contributed by atoms with Crippen molar-refractivity contribution in [1.82, 2.24) is 9.97 Å². The lowest BCUT2D eigenvalue weighted by molar-refractivity contribution is 0.412. The molecule has 1 heterocycles. The van der Waals surface area contributed by atoms with E-state index in [1.807, 2.05) is 31.2 Å². The Hall–Kier alpha value is -2.41. The lowest BCUT2D eigenvalue weighted by Crippen LogP contribution is -1.92. The molecule has 4 nitrogen and oxygen atoms in total. The quantitative estimate of drug-likeness (QED) is 0.787. The van der Waals surface area contributed by atoms with Crippen LogP contribution in [-0.4, -0.2) is 17.1 Å². The zero-order valence-corrected chi connectivity index (χ0v) is 9.64. The molecule has 2 aromatic rings. The maximum absolute atomic E-state index is 8.75. The SMILES string of the molecule is COc1ccc(-c2ccnc(C#N)n2)cc1C. The molecule has 84 valence electrons. The molecule has 0 amide bonds. The van der Waals surface area contributed by atoms with Gasteiger partial charge in [-0.15, -0.1) is 0 Å². The molecular weight excluding hydrogens is 214 g/mol. The van der Waals surface area contributed by atoms with Crippen LogP contribution in [0.2, 0.25) is 0 Å². The average Bonchev–Trinajstić information content (AvgIpc) is 2.38. The molecule has 0 saturated heterocycles. The first-order valence-electron chi connectivity index (χ1n) is 5.13. The molecular formula is C13H11N3O. The Balaban J connectivity index is 2.46. The van der Waals surface area contributed by atoms with E-state index >= 15 is 0 Å². The predicted octanol–water partition coefficient (Wildman–Crippen LogP) is 2.33. The van der Waals surface area contributed by atoms with Gasteiger partial charge in [0, 0.05) is 11.8 Å². The van der Waals surface area contributed by atoms with Crippen LogP contribution in [0, 0.1) is 18.3 Å². The van der Waals surface area contributed by atoms with Gasteiger partial charge in [0.25, 0.3) is 0 Å². The van der Waals surface area contributed by atoms with Crippen molar-refractivity contribution in [2.45, 2.75) is 6.92 Å². The van der Waals surface area contributed by atoms with Crippen molar-refractivity contribution < 1.29 is 4.74 Å². The van der Waals surface area contributed by atoms with Crippen LogP contribution in [0.25, 0.3) is 11.3 Å². The molecule has 0 aliphatic heterocycles. The van der Waals surface area contributed by atoms with Crippen LogP contribution in [0.15, 0.2) is 30.5 Å². The summed E-state index contributed by atoms with van der Waals surface area (Å²) >= 11 is 0. The zero-order chi connectivity index (χ0) is 12.3. The monoisotopic (exact) mass is 225 g/mol. The van der Waals surface area contributed by atoms with Gasteiger partial charge in [-0.25, -0.2) is 9.97 Å². The Morgan fingerprint density at radius 3 is 2.76 bits per heavy atom. The molecule has 0 fully saturated rings. The van der Waals surface area contributed by atoms with Gasteiger partial charge in [-0.3, -0.25) is 0 Å². The molecule has 17 heavy (non-hydrogen) atoms. The van der Waals surface area contributed by atoms with E-state index in [4.69, 9.17) is 10.00 Å². The van der Waals surface area contributed by atoms with Gasteiger partial charge >= 0.3 is 0 Å². The highest BCUT2D eigenvalue weighted by molar-refractivity contribution is 5.61. The molecule has 1 aromatic carbocycles. The maximum atomic E-state index is 8.75. The topological polar surface area (TPSA) is 58.8 Å². The van der Waals surface area contributed by atoms with Crippen LogP contribution in [0.5, 0.6) is 5.75 Å². The third kappa shape index (κ3) is 2.23. The molecule has 2 rings (SSSR count). The molecule has 0 bridgehead atoms. The van der Waals surface area contributed by atoms with Gasteiger partial charge < -0.3 is 4.74 Å². The van der Waals surface area contributed by atoms with Gasteiger partial charge in [-0.1, -0.05) is 0 Å². The van der Waals surface area contributed by atoms with Crippen molar-refractivity contribution in [2.75, 3.05) is 7.11 Å². The lowest BCUT2D eigenvalue weighted by Gasteiger charge is -2.06. The lowest BCUT2D eigenvalue weighted by atomic mass is 10.1. The number of nitriles is 1. The summed E-state index contributed by atoms with van der Waals surface area (Å²) in [4.78, 5) is 7.99. The smallest absolute Gasteiger partial charge is 0.232 e. The summed E-state index contributed by atoms with van der Waals surface area (Å²) in [7, 11) is 1.64. The summed E-state index contributed by atoms with van der Waals surface area (Å²) in [5.74, 6) is 1.01. The number of nitrogens with zero attached hydrogens (tertiary/aromatic N) is 3. The molecule has 0 unspecified atom stereocenters. The van der Waals surface area contributed by atoms with Crippen molar-refractivity contribution in [2.24, 2.45) is 0 Å². The molecule has 0 aliphatic carbocycles. The number of aromatic nitrogens is 2. The molecule has 4 heteroatoms. The van der Waals surface area contributed by atoms with Gasteiger partial charge in [0.15, 0.2) is 0 Å². The average molecular weight is 225 g/mol. The number of rotatable bonds is 2. The zero-order valence-electron chi connectivity index (χ0n) is 9.64.